The summed E-state index contributed by atoms with van der Waals surface area (Å²) in [5, 5.41) is 15.9. The van der Waals surface area contributed by atoms with Crippen molar-refractivity contribution in [2.75, 3.05) is 0 Å². The summed E-state index contributed by atoms with van der Waals surface area (Å²) in [6.45, 7) is -0.681. The van der Waals surface area contributed by atoms with Crippen molar-refractivity contribution in [2.24, 2.45) is 3.50 Å². The first-order chi connectivity index (χ1) is 13.8. The van der Waals surface area contributed by atoms with Crippen LogP contribution in [0, 0.1) is 0 Å². The van der Waals surface area contributed by atoms with Crippen molar-refractivity contribution in [2.45, 2.75) is 49.8 Å². The molecule has 1 aromatic carbocycles. The first-order valence-electron chi connectivity index (χ1n) is 7.34. The van der Waals surface area contributed by atoms with Crippen molar-refractivity contribution in [3.05, 3.63) is 30.3 Å². The Morgan fingerprint density at radius 1 is 0.625 bits per heavy atom. The monoisotopic (exact) mass is 709 g/mol. The fourth-order valence-corrected chi connectivity index (χ4v) is 3.20. The molecular weight excluding hydrogens is 697 g/mol. The summed E-state index contributed by atoms with van der Waals surface area (Å²) in [5.41, 5.74) is -8.36. The van der Waals surface area contributed by atoms with Gasteiger partial charge in [0.25, 0.3) is 11.2 Å². The van der Waals surface area contributed by atoms with Gasteiger partial charge >= 0.3 is 98.1 Å². The number of benzene rings is 1. The molecule has 0 aromatic heterocycles. The molecule has 0 aliphatic heterocycles. The van der Waals surface area contributed by atoms with Gasteiger partial charge in [0.1, 0.15) is 0 Å². The summed E-state index contributed by atoms with van der Waals surface area (Å²) >= 11 is -2.29. The van der Waals surface area contributed by atoms with Gasteiger partial charge < -0.3 is 10.2 Å². The molecule has 0 saturated carbocycles. The van der Waals surface area contributed by atoms with Gasteiger partial charge in [-0.25, -0.2) is 0 Å². The van der Waals surface area contributed by atoms with E-state index in [1.807, 2.05) is 30.3 Å². The maximum absolute atomic E-state index is 11.4. The third-order valence-electron chi connectivity index (χ3n) is 3.14. The molecule has 32 heavy (non-hydrogen) atoms. The van der Waals surface area contributed by atoms with Crippen LogP contribution in [0.1, 0.15) is 13.8 Å². The van der Waals surface area contributed by atoms with Crippen LogP contribution in [0.15, 0.2) is 33.8 Å². The Bertz CT molecular complexity index is 656. The van der Waals surface area contributed by atoms with Crippen molar-refractivity contribution >= 4 is 24.5 Å². The van der Waals surface area contributed by atoms with Gasteiger partial charge in [-0.3, -0.25) is 0 Å². The predicted molar refractivity (Wildman–Crippen MR) is 85.7 cm³/mol. The van der Waals surface area contributed by atoms with E-state index in [2.05, 4.69) is 3.50 Å². The Kier molecular flexibility index (Phi) is 12.2. The number of aliphatic hydroxyl groups is 2. The van der Waals surface area contributed by atoms with Crippen LogP contribution < -0.4 is 0 Å². The van der Waals surface area contributed by atoms with Crippen molar-refractivity contribution in [3.63, 3.8) is 0 Å². The third kappa shape index (κ3) is 10.5. The van der Waals surface area contributed by atoms with E-state index < -0.39 is 51.0 Å². The molecule has 0 fully saturated rings. The second-order valence-electron chi connectivity index (χ2n) is 5.76. The number of halogens is 14. The normalized spacial score (nSPS) is 13.6. The second-order valence-corrected chi connectivity index (χ2v) is 13.9. The van der Waals surface area contributed by atoms with Gasteiger partial charge in [-0.05, 0) is 13.8 Å². The van der Waals surface area contributed by atoms with Crippen LogP contribution in [0.4, 0.5) is 58.4 Å². The Balaban J connectivity index is 0. The Labute approximate surface area is 186 Å². The van der Waals surface area contributed by atoms with E-state index in [1.54, 1.807) is 0 Å². The van der Waals surface area contributed by atoms with Gasteiger partial charge in [-0.15, -0.1) is 0 Å². The maximum atomic E-state index is 11.4. The van der Waals surface area contributed by atoms with Crippen molar-refractivity contribution in [1.82, 2.24) is 0 Å². The first kappa shape index (κ1) is 33.5. The molecule has 190 valence electrons. The summed E-state index contributed by atoms with van der Waals surface area (Å²) in [5.74, 6) is 0. The Morgan fingerprint density at radius 3 is 1.03 bits per heavy atom. The van der Waals surface area contributed by atoms with Gasteiger partial charge in [0.2, 0.25) is 0 Å². The quantitative estimate of drug-likeness (QED) is 0.305. The first-order valence-corrected chi connectivity index (χ1v) is 15.9. The minimum absolute atomic E-state index is 0.340. The predicted octanol–water partition coefficient (Wildman–Crippen LogP) is 7.15. The second kappa shape index (κ2) is 11.7. The van der Waals surface area contributed by atoms with Crippen LogP contribution in [0.2, 0.25) is 0 Å². The van der Waals surface area contributed by atoms with E-state index in [0.717, 1.165) is 5.69 Å². The average Bonchev–Trinajstić information content (AvgIpc) is 2.52. The van der Waals surface area contributed by atoms with Gasteiger partial charge in [0.05, 0.1) is 0 Å². The van der Waals surface area contributed by atoms with Crippen LogP contribution in [-0.2, 0) is 15.0 Å². The summed E-state index contributed by atoms with van der Waals surface area (Å²) in [4.78, 5) is 0. The number of rotatable bonds is 1. The molecule has 18 heteroatoms. The molecule has 2 N–H and O–H groups in total. The molecule has 0 aliphatic rings. The molecular formula is C14H13Cl2F12NO2W. The zero-order chi connectivity index (χ0) is 26.4. The van der Waals surface area contributed by atoms with E-state index in [9.17, 15) is 52.7 Å². The SMILES string of the molecule is CC(O)(C(F)(F)F)C(F)(F)F.CC(O)(C(F)(F)F)C(F)(F)F.[Cl][W]([Cl])=[N]c1ccccc1. The van der Waals surface area contributed by atoms with Crippen molar-refractivity contribution in [3.8, 4) is 0 Å². The van der Waals surface area contributed by atoms with E-state index in [1.165, 1.54) is 0 Å². The van der Waals surface area contributed by atoms with Crippen LogP contribution in [0.5, 0.6) is 0 Å². The molecule has 0 saturated heterocycles. The topological polar surface area (TPSA) is 52.8 Å². The van der Waals surface area contributed by atoms with Crippen molar-refractivity contribution in [1.29, 1.82) is 0 Å². The fourth-order valence-electron chi connectivity index (χ4n) is 0.890. The summed E-state index contributed by atoms with van der Waals surface area (Å²) in [6, 6.07) is 9.55. The Morgan fingerprint density at radius 2 is 0.875 bits per heavy atom. The van der Waals surface area contributed by atoms with E-state index in [0.29, 0.717) is 0 Å². The molecule has 0 amide bonds. The van der Waals surface area contributed by atoms with Gasteiger partial charge in [0.15, 0.2) is 0 Å². The summed E-state index contributed by atoms with van der Waals surface area (Å²) in [6.07, 6.45) is -22.8. The van der Waals surface area contributed by atoms with E-state index in [4.69, 9.17) is 29.0 Å². The van der Waals surface area contributed by atoms with Crippen LogP contribution >= 0.6 is 18.8 Å². The third-order valence-corrected chi connectivity index (χ3v) is 5.52. The Hall–Kier alpha value is -0.632. The molecule has 0 atom stereocenters. The van der Waals surface area contributed by atoms with Crippen LogP contribution in [-0.4, -0.2) is 46.1 Å². The number of hydrogen-bond donors (Lipinski definition) is 2. The molecule has 0 spiro atoms. The molecule has 0 unspecified atom stereocenters. The zero-order valence-corrected chi connectivity index (χ0v) is 19.9. The molecule has 1 aromatic rings. The van der Waals surface area contributed by atoms with Crippen molar-refractivity contribution < 1.29 is 77.9 Å². The van der Waals surface area contributed by atoms with E-state index in [-0.39, 0.29) is 13.8 Å². The number of nitrogens with zero attached hydrogens (tertiary/aromatic N) is 1. The number of alkyl halides is 12. The average molecular weight is 710 g/mol. The van der Waals surface area contributed by atoms with E-state index >= 15 is 0 Å². The molecule has 0 heterocycles. The molecule has 1 rings (SSSR count). The van der Waals surface area contributed by atoms with Crippen LogP contribution in [0.25, 0.3) is 0 Å². The summed E-state index contributed by atoms with van der Waals surface area (Å²) in [7, 11) is 11.2. The molecule has 0 bridgehead atoms. The van der Waals surface area contributed by atoms with Gasteiger partial charge in [-0.1, -0.05) is 0 Å². The fraction of sp³-hybridized carbons (Fsp3) is 0.571. The van der Waals surface area contributed by atoms with Crippen LogP contribution in [0.3, 0.4) is 0 Å². The minimum atomic E-state index is -5.69. The zero-order valence-electron chi connectivity index (χ0n) is 15.4. The summed E-state index contributed by atoms with van der Waals surface area (Å²) < 4.78 is 140. The molecule has 0 aliphatic carbocycles. The standard InChI is InChI=1S/C6H5N.2C4H4F6O.2ClH.W/c7-6-4-2-1-3-5-6;2*1-2(11,3(5,6)7)4(8,9)10;;;/h1-5H;2*11H,1H3;2*1H;/q;;;;;+2/p-2. The van der Waals surface area contributed by atoms with Gasteiger partial charge in [0, 0.05) is 0 Å². The molecule has 3 nitrogen and oxygen atoms in total. The molecule has 0 radical (unpaired) electrons. The number of hydrogen-bond acceptors (Lipinski definition) is 3. The van der Waals surface area contributed by atoms with Gasteiger partial charge in [-0.2, -0.15) is 52.7 Å².